The molecule has 21 heavy (non-hydrogen) atoms. The first-order chi connectivity index (χ1) is 10.0. The van der Waals surface area contributed by atoms with Crippen molar-refractivity contribution in [3.8, 4) is 0 Å². The predicted molar refractivity (Wildman–Crippen MR) is 81.9 cm³/mol. The lowest BCUT2D eigenvalue weighted by atomic mass is 10.1. The Hall–Kier alpha value is -2.62. The van der Waals surface area contributed by atoms with Crippen LogP contribution in [0.4, 0.5) is 0 Å². The molecule has 2 rings (SSSR count). The lowest BCUT2D eigenvalue weighted by Gasteiger charge is -2.19. The molecule has 0 aliphatic carbocycles. The van der Waals surface area contributed by atoms with Gasteiger partial charge in [-0.25, -0.2) is 0 Å². The van der Waals surface area contributed by atoms with Crippen molar-refractivity contribution >= 4 is 11.8 Å². The molecule has 0 fully saturated rings. The molecule has 1 N–H and O–H groups in total. The maximum absolute atomic E-state index is 12.3. The van der Waals surface area contributed by atoms with E-state index >= 15 is 0 Å². The van der Waals surface area contributed by atoms with Crippen molar-refractivity contribution in [1.82, 2.24) is 10.4 Å². The number of hydrazine groups is 1. The third kappa shape index (κ3) is 3.28. The second kappa shape index (κ2) is 6.22. The van der Waals surface area contributed by atoms with E-state index in [1.807, 2.05) is 38.1 Å². The SMILES string of the molecule is Cc1ccccc1C(=O)NN(C)C(=O)c1ccccc1C. The topological polar surface area (TPSA) is 49.4 Å². The van der Waals surface area contributed by atoms with Gasteiger partial charge in [0.15, 0.2) is 0 Å². The summed E-state index contributed by atoms with van der Waals surface area (Å²) < 4.78 is 0. The van der Waals surface area contributed by atoms with E-state index in [2.05, 4.69) is 5.43 Å². The molecule has 0 aliphatic heterocycles. The third-order valence-electron chi connectivity index (χ3n) is 3.34. The van der Waals surface area contributed by atoms with E-state index in [1.54, 1.807) is 31.3 Å². The molecule has 0 saturated carbocycles. The summed E-state index contributed by atoms with van der Waals surface area (Å²) >= 11 is 0. The van der Waals surface area contributed by atoms with Gasteiger partial charge in [0.2, 0.25) is 0 Å². The van der Waals surface area contributed by atoms with Crippen LogP contribution in [-0.2, 0) is 0 Å². The van der Waals surface area contributed by atoms with Gasteiger partial charge in [0, 0.05) is 18.2 Å². The molecule has 0 radical (unpaired) electrons. The van der Waals surface area contributed by atoms with Crippen molar-refractivity contribution in [2.45, 2.75) is 13.8 Å². The highest BCUT2D eigenvalue weighted by atomic mass is 16.2. The Balaban J connectivity index is 2.13. The standard InChI is InChI=1S/C17H18N2O2/c1-12-8-4-6-10-14(12)16(20)18-19(3)17(21)15-11-7-5-9-13(15)2/h4-11H,1-3H3,(H,18,20). The Morgan fingerprint density at radius 1 is 0.857 bits per heavy atom. The van der Waals surface area contributed by atoms with E-state index in [9.17, 15) is 9.59 Å². The fourth-order valence-corrected chi connectivity index (χ4v) is 2.08. The van der Waals surface area contributed by atoms with Gasteiger partial charge in [-0.05, 0) is 37.1 Å². The highest BCUT2D eigenvalue weighted by molar-refractivity contribution is 6.00. The van der Waals surface area contributed by atoms with Crippen molar-refractivity contribution in [1.29, 1.82) is 0 Å². The van der Waals surface area contributed by atoms with E-state index in [-0.39, 0.29) is 11.8 Å². The van der Waals surface area contributed by atoms with E-state index < -0.39 is 0 Å². The first-order valence-electron chi connectivity index (χ1n) is 6.71. The van der Waals surface area contributed by atoms with E-state index in [4.69, 9.17) is 0 Å². The molecule has 4 nitrogen and oxygen atoms in total. The largest absolute Gasteiger partial charge is 0.272 e. The number of nitrogens with zero attached hydrogens (tertiary/aromatic N) is 1. The molecule has 2 aromatic rings. The van der Waals surface area contributed by atoms with Gasteiger partial charge in [-0.1, -0.05) is 36.4 Å². The summed E-state index contributed by atoms with van der Waals surface area (Å²) in [5.41, 5.74) is 5.48. The van der Waals surface area contributed by atoms with Crippen LogP contribution in [0.15, 0.2) is 48.5 Å². The number of carbonyl (C=O) groups is 2. The van der Waals surface area contributed by atoms with Crippen molar-refractivity contribution in [3.05, 3.63) is 70.8 Å². The number of hydrogen-bond acceptors (Lipinski definition) is 2. The van der Waals surface area contributed by atoms with Gasteiger partial charge in [-0.3, -0.25) is 20.0 Å². The molecule has 2 aromatic carbocycles. The van der Waals surface area contributed by atoms with E-state index in [1.165, 1.54) is 5.01 Å². The van der Waals surface area contributed by atoms with Crippen LogP contribution >= 0.6 is 0 Å². The molecule has 108 valence electrons. The van der Waals surface area contributed by atoms with Crippen molar-refractivity contribution < 1.29 is 9.59 Å². The van der Waals surface area contributed by atoms with Gasteiger partial charge in [0.1, 0.15) is 0 Å². The molecule has 0 aliphatic rings. The van der Waals surface area contributed by atoms with E-state index in [0.29, 0.717) is 11.1 Å². The second-order valence-electron chi connectivity index (χ2n) is 4.93. The van der Waals surface area contributed by atoms with Crippen LogP contribution in [0, 0.1) is 13.8 Å². The van der Waals surface area contributed by atoms with Gasteiger partial charge < -0.3 is 0 Å². The highest BCUT2D eigenvalue weighted by Gasteiger charge is 2.17. The highest BCUT2D eigenvalue weighted by Crippen LogP contribution is 2.10. The molecule has 0 heterocycles. The predicted octanol–water partition coefficient (Wildman–Crippen LogP) is 2.72. The number of rotatable bonds is 2. The number of hydrogen-bond donors (Lipinski definition) is 1. The molecular weight excluding hydrogens is 264 g/mol. The molecule has 0 atom stereocenters. The monoisotopic (exact) mass is 282 g/mol. The van der Waals surface area contributed by atoms with Crippen LogP contribution in [0.1, 0.15) is 31.8 Å². The number of amides is 2. The fourth-order valence-electron chi connectivity index (χ4n) is 2.08. The Morgan fingerprint density at radius 3 is 1.86 bits per heavy atom. The summed E-state index contributed by atoms with van der Waals surface area (Å²) in [4.78, 5) is 24.5. The normalized spacial score (nSPS) is 10.0. The molecule has 0 aromatic heterocycles. The molecule has 0 spiro atoms. The zero-order valence-corrected chi connectivity index (χ0v) is 12.4. The van der Waals surface area contributed by atoms with Crippen LogP contribution in [-0.4, -0.2) is 23.9 Å². The minimum atomic E-state index is -0.294. The lowest BCUT2D eigenvalue weighted by Crippen LogP contribution is -2.43. The third-order valence-corrected chi connectivity index (χ3v) is 3.34. The van der Waals surface area contributed by atoms with Gasteiger partial charge in [-0.15, -0.1) is 0 Å². The zero-order valence-electron chi connectivity index (χ0n) is 12.4. The Morgan fingerprint density at radius 2 is 1.33 bits per heavy atom. The molecule has 0 saturated heterocycles. The summed E-state index contributed by atoms with van der Waals surface area (Å²) in [5, 5.41) is 1.22. The summed E-state index contributed by atoms with van der Waals surface area (Å²) in [7, 11) is 1.55. The molecule has 0 bridgehead atoms. The number of aryl methyl sites for hydroxylation is 2. The average Bonchev–Trinajstić information content (AvgIpc) is 2.47. The number of benzene rings is 2. The molecular formula is C17H18N2O2. The van der Waals surface area contributed by atoms with Crippen LogP contribution in [0.25, 0.3) is 0 Å². The Kier molecular flexibility index (Phi) is 4.38. The van der Waals surface area contributed by atoms with E-state index in [0.717, 1.165) is 11.1 Å². The minimum Gasteiger partial charge on any atom is -0.267 e. The maximum atomic E-state index is 12.3. The maximum Gasteiger partial charge on any atom is 0.272 e. The summed E-state index contributed by atoms with van der Waals surface area (Å²) in [6, 6.07) is 14.5. The molecule has 4 heteroatoms. The summed E-state index contributed by atoms with van der Waals surface area (Å²) in [6.07, 6.45) is 0. The Labute approximate surface area is 124 Å². The minimum absolute atomic E-state index is 0.241. The summed E-state index contributed by atoms with van der Waals surface area (Å²) in [5.74, 6) is -0.535. The van der Waals surface area contributed by atoms with Gasteiger partial charge >= 0.3 is 0 Å². The van der Waals surface area contributed by atoms with Crippen LogP contribution in [0.5, 0.6) is 0 Å². The van der Waals surface area contributed by atoms with Crippen LogP contribution in [0.3, 0.4) is 0 Å². The lowest BCUT2D eigenvalue weighted by molar-refractivity contribution is 0.0635. The molecule has 0 unspecified atom stereocenters. The smallest absolute Gasteiger partial charge is 0.267 e. The summed E-state index contributed by atoms with van der Waals surface area (Å²) in [6.45, 7) is 3.72. The van der Waals surface area contributed by atoms with Crippen molar-refractivity contribution in [2.75, 3.05) is 7.05 Å². The van der Waals surface area contributed by atoms with Crippen LogP contribution < -0.4 is 5.43 Å². The number of carbonyl (C=O) groups excluding carboxylic acids is 2. The van der Waals surface area contributed by atoms with Crippen molar-refractivity contribution in [2.24, 2.45) is 0 Å². The Bertz CT molecular complexity index is 680. The zero-order chi connectivity index (χ0) is 15.4. The van der Waals surface area contributed by atoms with Gasteiger partial charge in [-0.2, -0.15) is 0 Å². The molecule has 2 amide bonds. The van der Waals surface area contributed by atoms with Gasteiger partial charge in [0.05, 0.1) is 0 Å². The van der Waals surface area contributed by atoms with Crippen LogP contribution in [0.2, 0.25) is 0 Å². The first-order valence-corrected chi connectivity index (χ1v) is 6.71. The van der Waals surface area contributed by atoms with Gasteiger partial charge in [0.25, 0.3) is 11.8 Å². The fraction of sp³-hybridized carbons (Fsp3) is 0.176. The van der Waals surface area contributed by atoms with Crippen molar-refractivity contribution in [3.63, 3.8) is 0 Å². The first kappa shape index (κ1) is 14.8. The number of nitrogens with one attached hydrogen (secondary N) is 1. The quantitative estimate of drug-likeness (QED) is 0.861. The average molecular weight is 282 g/mol. The second-order valence-corrected chi connectivity index (χ2v) is 4.93.